The van der Waals surface area contributed by atoms with Crippen LogP contribution in [0.2, 0.25) is 0 Å². The molecular weight excluding hydrogens is 382 g/mol. The molecule has 0 bridgehead atoms. The molecule has 0 radical (unpaired) electrons. The van der Waals surface area contributed by atoms with Crippen LogP contribution in [0.15, 0.2) is 51.7 Å². The van der Waals surface area contributed by atoms with E-state index in [1.165, 1.54) is 25.3 Å². The highest BCUT2D eigenvalue weighted by atomic mass is 16.5. The maximum absolute atomic E-state index is 13.0. The van der Waals surface area contributed by atoms with Crippen molar-refractivity contribution in [2.75, 3.05) is 40.5 Å². The summed E-state index contributed by atoms with van der Waals surface area (Å²) in [6.45, 7) is 3.57. The summed E-state index contributed by atoms with van der Waals surface area (Å²) in [7, 11) is 3.20. The first kappa shape index (κ1) is 20.3. The van der Waals surface area contributed by atoms with Gasteiger partial charge in [-0.2, -0.15) is 0 Å². The molecule has 158 valence electrons. The molecule has 6 heteroatoms. The van der Waals surface area contributed by atoms with E-state index in [1.54, 1.807) is 26.4 Å². The average Bonchev–Trinajstić information content (AvgIpc) is 2.79. The third kappa shape index (κ3) is 4.44. The molecule has 1 aliphatic heterocycles. The molecular formula is C24H27NO5. The van der Waals surface area contributed by atoms with Gasteiger partial charge in [-0.25, -0.2) is 0 Å². The third-order valence-corrected chi connectivity index (χ3v) is 5.49. The number of methoxy groups -OCH3 is 2. The Labute approximate surface area is 176 Å². The molecule has 0 amide bonds. The minimum Gasteiger partial charge on any atom is -0.497 e. The lowest BCUT2D eigenvalue weighted by molar-refractivity contribution is 0.184. The number of hydrogen-bond acceptors (Lipinski definition) is 6. The van der Waals surface area contributed by atoms with E-state index in [0.29, 0.717) is 34.8 Å². The zero-order chi connectivity index (χ0) is 20.9. The van der Waals surface area contributed by atoms with Crippen molar-refractivity contribution in [3.63, 3.8) is 0 Å². The lowest BCUT2D eigenvalue weighted by atomic mass is 10.1. The highest BCUT2D eigenvalue weighted by Gasteiger charge is 2.15. The molecule has 6 nitrogen and oxygen atoms in total. The Bertz CT molecular complexity index is 1050. The van der Waals surface area contributed by atoms with Crippen LogP contribution < -0.4 is 19.6 Å². The Morgan fingerprint density at radius 1 is 0.933 bits per heavy atom. The zero-order valence-electron chi connectivity index (χ0n) is 17.5. The normalized spacial score (nSPS) is 14.6. The molecule has 3 aromatic rings. The molecule has 0 unspecified atom stereocenters. The van der Waals surface area contributed by atoms with Gasteiger partial charge in [0.1, 0.15) is 40.6 Å². The second-order valence-corrected chi connectivity index (χ2v) is 7.45. The molecule has 0 aliphatic carbocycles. The van der Waals surface area contributed by atoms with Gasteiger partial charge in [-0.1, -0.05) is 6.42 Å². The van der Waals surface area contributed by atoms with Crippen molar-refractivity contribution < 1.29 is 18.6 Å². The standard InChI is InChI=1S/C24H27NO5/c1-27-18-8-6-17(7-9-18)21-16-20(26)24-22(14-19(28-2)15-23(24)30-21)29-13-12-25-10-4-3-5-11-25/h6-9,14-16H,3-5,10-13H2,1-2H3. The van der Waals surface area contributed by atoms with Gasteiger partial charge in [-0.15, -0.1) is 0 Å². The first-order valence-electron chi connectivity index (χ1n) is 10.3. The van der Waals surface area contributed by atoms with Crippen LogP contribution in [-0.4, -0.2) is 45.4 Å². The van der Waals surface area contributed by atoms with E-state index < -0.39 is 0 Å². The molecule has 1 aromatic heterocycles. The van der Waals surface area contributed by atoms with Gasteiger partial charge in [0.25, 0.3) is 0 Å². The summed E-state index contributed by atoms with van der Waals surface area (Å²) in [6.07, 6.45) is 3.77. The summed E-state index contributed by atoms with van der Waals surface area (Å²) in [4.78, 5) is 15.4. The average molecular weight is 409 g/mol. The van der Waals surface area contributed by atoms with Gasteiger partial charge in [0, 0.05) is 30.3 Å². The van der Waals surface area contributed by atoms with Gasteiger partial charge in [0.05, 0.1) is 14.2 Å². The first-order valence-corrected chi connectivity index (χ1v) is 10.3. The first-order chi connectivity index (χ1) is 14.7. The maximum atomic E-state index is 13.0. The number of benzene rings is 2. The Morgan fingerprint density at radius 3 is 2.37 bits per heavy atom. The minimum atomic E-state index is -0.141. The van der Waals surface area contributed by atoms with E-state index >= 15 is 0 Å². The van der Waals surface area contributed by atoms with E-state index in [2.05, 4.69) is 4.90 Å². The van der Waals surface area contributed by atoms with Crippen LogP contribution in [0.5, 0.6) is 17.2 Å². The molecule has 4 rings (SSSR count). The van der Waals surface area contributed by atoms with Crippen LogP contribution in [0.3, 0.4) is 0 Å². The summed E-state index contributed by atoms with van der Waals surface area (Å²) in [5.41, 5.74) is 1.10. The molecule has 0 saturated carbocycles. The number of hydrogen-bond donors (Lipinski definition) is 0. The lowest BCUT2D eigenvalue weighted by Gasteiger charge is -2.26. The number of likely N-dealkylation sites (tertiary alicyclic amines) is 1. The summed E-state index contributed by atoms with van der Waals surface area (Å²) >= 11 is 0. The van der Waals surface area contributed by atoms with Crippen LogP contribution in [-0.2, 0) is 0 Å². The fourth-order valence-corrected chi connectivity index (χ4v) is 3.83. The number of ether oxygens (including phenoxy) is 3. The largest absolute Gasteiger partial charge is 0.497 e. The highest BCUT2D eigenvalue weighted by molar-refractivity contribution is 5.86. The Hall–Kier alpha value is -2.99. The van der Waals surface area contributed by atoms with Crippen LogP contribution in [0, 0.1) is 0 Å². The van der Waals surface area contributed by atoms with Crippen molar-refractivity contribution in [3.05, 3.63) is 52.7 Å². The molecule has 30 heavy (non-hydrogen) atoms. The van der Waals surface area contributed by atoms with E-state index in [-0.39, 0.29) is 5.43 Å². The Morgan fingerprint density at radius 2 is 1.67 bits per heavy atom. The van der Waals surface area contributed by atoms with Gasteiger partial charge in [0.2, 0.25) is 0 Å². The van der Waals surface area contributed by atoms with Crippen molar-refractivity contribution >= 4 is 11.0 Å². The van der Waals surface area contributed by atoms with E-state index in [9.17, 15) is 4.79 Å². The van der Waals surface area contributed by atoms with Gasteiger partial charge in [-0.05, 0) is 50.2 Å². The smallest absolute Gasteiger partial charge is 0.197 e. The third-order valence-electron chi connectivity index (χ3n) is 5.49. The van der Waals surface area contributed by atoms with Gasteiger partial charge < -0.3 is 18.6 Å². The van der Waals surface area contributed by atoms with Crippen LogP contribution in [0.1, 0.15) is 19.3 Å². The molecule has 0 atom stereocenters. The second-order valence-electron chi connectivity index (χ2n) is 7.45. The SMILES string of the molecule is COc1ccc(-c2cc(=O)c3c(OCCN4CCCCC4)cc(OC)cc3o2)cc1. The maximum Gasteiger partial charge on any atom is 0.197 e. The quantitative estimate of drug-likeness (QED) is 0.578. The van der Waals surface area contributed by atoms with Crippen molar-refractivity contribution in [1.82, 2.24) is 4.90 Å². The fourth-order valence-electron chi connectivity index (χ4n) is 3.83. The molecule has 0 N–H and O–H groups in total. The van der Waals surface area contributed by atoms with E-state index in [4.69, 9.17) is 18.6 Å². The van der Waals surface area contributed by atoms with Crippen molar-refractivity contribution in [2.24, 2.45) is 0 Å². The second kappa shape index (κ2) is 9.22. The summed E-state index contributed by atoms with van der Waals surface area (Å²) in [5.74, 6) is 2.32. The molecule has 1 fully saturated rings. The van der Waals surface area contributed by atoms with Gasteiger partial charge in [-0.3, -0.25) is 9.69 Å². The van der Waals surface area contributed by atoms with Crippen molar-refractivity contribution in [2.45, 2.75) is 19.3 Å². The number of rotatable bonds is 7. The van der Waals surface area contributed by atoms with Gasteiger partial charge in [0.15, 0.2) is 5.43 Å². The highest BCUT2D eigenvalue weighted by Crippen LogP contribution is 2.32. The molecule has 2 aromatic carbocycles. The Balaban J connectivity index is 1.63. The zero-order valence-corrected chi connectivity index (χ0v) is 17.5. The molecule has 1 saturated heterocycles. The van der Waals surface area contributed by atoms with Crippen LogP contribution in [0.4, 0.5) is 0 Å². The number of nitrogens with zero attached hydrogens (tertiary/aromatic N) is 1. The number of fused-ring (bicyclic) bond motifs is 1. The lowest BCUT2D eigenvalue weighted by Crippen LogP contribution is -2.33. The predicted molar refractivity (Wildman–Crippen MR) is 117 cm³/mol. The van der Waals surface area contributed by atoms with E-state index in [0.717, 1.165) is 30.9 Å². The number of piperidine rings is 1. The summed E-state index contributed by atoms with van der Waals surface area (Å²) < 4.78 is 22.7. The minimum absolute atomic E-state index is 0.141. The summed E-state index contributed by atoms with van der Waals surface area (Å²) in [5, 5.41) is 0.437. The Kier molecular flexibility index (Phi) is 6.23. The topological polar surface area (TPSA) is 61.1 Å². The summed E-state index contributed by atoms with van der Waals surface area (Å²) in [6, 6.07) is 12.4. The van der Waals surface area contributed by atoms with Crippen LogP contribution >= 0.6 is 0 Å². The molecule has 2 heterocycles. The molecule has 1 aliphatic rings. The van der Waals surface area contributed by atoms with E-state index in [1.807, 2.05) is 24.3 Å². The van der Waals surface area contributed by atoms with Gasteiger partial charge >= 0.3 is 0 Å². The predicted octanol–water partition coefficient (Wildman–Crippen LogP) is 4.34. The van der Waals surface area contributed by atoms with Crippen LogP contribution in [0.25, 0.3) is 22.3 Å². The monoisotopic (exact) mass is 409 g/mol. The molecule has 0 spiro atoms. The van der Waals surface area contributed by atoms with Crippen molar-refractivity contribution in [1.29, 1.82) is 0 Å². The fraction of sp³-hybridized carbons (Fsp3) is 0.375. The van der Waals surface area contributed by atoms with Crippen molar-refractivity contribution in [3.8, 4) is 28.6 Å².